The number of carbonyl (C=O) groups is 1. The number of hydrogen-bond acceptors (Lipinski definition) is 3. The number of anilines is 2. The van der Waals surface area contributed by atoms with Crippen LogP contribution in [-0.2, 0) is 4.79 Å². The van der Waals surface area contributed by atoms with Crippen molar-refractivity contribution >= 4 is 45.0 Å². The Kier molecular flexibility index (Phi) is 4.74. The summed E-state index contributed by atoms with van der Waals surface area (Å²) in [7, 11) is 0. The van der Waals surface area contributed by atoms with Crippen LogP contribution in [0.1, 0.15) is 6.92 Å². The molecule has 22 heavy (non-hydrogen) atoms. The van der Waals surface area contributed by atoms with E-state index in [0.29, 0.717) is 11.8 Å². The van der Waals surface area contributed by atoms with E-state index >= 15 is 0 Å². The zero-order chi connectivity index (χ0) is 15.5. The molecule has 1 heterocycles. The first-order valence-electron chi connectivity index (χ1n) is 7.18. The highest BCUT2D eigenvalue weighted by molar-refractivity contribution is 9.10. The summed E-state index contributed by atoms with van der Waals surface area (Å²) in [4.78, 5) is 15.7. The lowest BCUT2D eigenvalue weighted by Gasteiger charge is -2.33. The predicted octanol–water partition coefficient (Wildman–Crippen LogP) is 4.39. The van der Waals surface area contributed by atoms with Crippen LogP contribution >= 0.6 is 27.7 Å². The summed E-state index contributed by atoms with van der Waals surface area (Å²) < 4.78 is 1.00. The molecule has 3 nitrogen and oxygen atoms in total. The van der Waals surface area contributed by atoms with Crippen LogP contribution in [0.5, 0.6) is 0 Å². The molecule has 5 heteroatoms. The smallest absolute Gasteiger partial charge is 0.243 e. The standard InChI is InChI=1S/C17H17BrN2OS/c1-12-10-20(15-4-2-3-5-16(15)22-12)11-17(21)19-14-8-6-13(18)7-9-14/h2-9,12H,10-11H2,1H3,(H,19,21)/t12-/m1/s1. The monoisotopic (exact) mass is 376 g/mol. The van der Waals surface area contributed by atoms with Crippen LogP contribution < -0.4 is 10.2 Å². The Morgan fingerprint density at radius 1 is 1.27 bits per heavy atom. The van der Waals surface area contributed by atoms with Crippen LogP contribution in [0.3, 0.4) is 0 Å². The second-order valence-corrected chi connectivity index (χ2v) is 7.73. The van der Waals surface area contributed by atoms with E-state index in [-0.39, 0.29) is 5.91 Å². The molecular formula is C17H17BrN2OS. The Morgan fingerprint density at radius 2 is 2.00 bits per heavy atom. The first-order valence-corrected chi connectivity index (χ1v) is 8.85. The largest absolute Gasteiger partial charge is 0.360 e. The summed E-state index contributed by atoms with van der Waals surface area (Å²) in [5.74, 6) is 0.0104. The molecular weight excluding hydrogens is 360 g/mol. The molecule has 1 N–H and O–H groups in total. The first-order chi connectivity index (χ1) is 10.6. The van der Waals surface area contributed by atoms with Gasteiger partial charge in [-0.2, -0.15) is 0 Å². The van der Waals surface area contributed by atoms with Gasteiger partial charge in [0.25, 0.3) is 0 Å². The molecule has 3 rings (SSSR count). The average molecular weight is 377 g/mol. The van der Waals surface area contributed by atoms with Crippen LogP contribution in [0.2, 0.25) is 0 Å². The van der Waals surface area contributed by atoms with Gasteiger partial charge < -0.3 is 10.2 Å². The molecule has 2 aromatic carbocycles. The van der Waals surface area contributed by atoms with Gasteiger partial charge in [0, 0.05) is 26.9 Å². The zero-order valence-electron chi connectivity index (χ0n) is 12.3. The van der Waals surface area contributed by atoms with E-state index in [0.717, 1.165) is 22.4 Å². The van der Waals surface area contributed by atoms with Gasteiger partial charge in [-0.3, -0.25) is 4.79 Å². The van der Waals surface area contributed by atoms with E-state index in [2.05, 4.69) is 45.2 Å². The highest BCUT2D eigenvalue weighted by atomic mass is 79.9. The topological polar surface area (TPSA) is 32.3 Å². The predicted molar refractivity (Wildman–Crippen MR) is 96.7 cm³/mol. The van der Waals surface area contributed by atoms with Gasteiger partial charge in [0.15, 0.2) is 0 Å². The van der Waals surface area contributed by atoms with Gasteiger partial charge in [-0.1, -0.05) is 35.0 Å². The van der Waals surface area contributed by atoms with Gasteiger partial charge in [0.1, 0.15) is 0 Å². The molecule has 0 aliphatic carbocycles. The zero-order valence-corrected chi connectivity index (χ0v) is 14.7. The van der Waals surface area contributed by atoms with Gasteiger partial charge in [-0.05, 0) is 36.4 Å². The van der Waals surface area contributed by atoms with E-state index in [9.17, 15) is 4.79 Å². The molecule has 1 atom stereocenters. The van der Waals surface area contributed by atoms with Gasteiger partial charge in [-0.15, -0.1) is 11.8 Å². The Balaban J connectivity index is 1.70. The molecule has 0 saturated carbocycles. The summed E-state index contributed by atoms with van der Waals surface area (Å²) in [5.41, 5.74) is 1.97. The fourth-order valence-corrected chi connectivity index (χ4v) is 3.96. The maximum atomic E-state index is 12.3. The molecule has 0 unspecified atom stereocenters. The first kappa shape index (κ1) is 15.4. The number of nitrogens with one attached hydrogen (secondary N) is 1. The molecule has 0 aromatic heterocycles. The van der Waals surface area contributed by atoms with Crippen molar-refractivity contribution in [1.29, 1.82) is 0 Å². The van der Waals surface area contributed by atoms with Crippen molar-refractivity contribution in [3.63, 3.8) is 0 Å². The lowest BCUT2D eigenvalue weighted by molar-refractivity contribution is -0.115. The Morgan fingerprint density at radius 3 is 2.77 bits per heavy atom. The number of nitrogens with zero attached hydrogens (tertiary/aromatic N) is 1. The molecule has 114 valence electrons. The minimum absolute atomic E-state index is 0.0104. The number of carbonyl (C=O) groups excluding carboxylic acids is 1. The maximum Gasteiger partial charge on any atom is 0.243 e. The highest BCUT2D eigenvalue weighted by Crippen LogP contribution is 2.37. The summed E-state index contributed by atoms with van der Waals surface area (Å²) in [5, 5.41) is 3.44. The number of fused-ring (bicyclic) bond motifs is 1. The van der Waals surface area contributed by atoms with Crippen molar-refractivity contribution in [1.82, 2.24) is 0 Å². The summed E-state index contributed by atoms with van der Waals surface area (Å²) >= 11 is 5.26. The van der Waals surface area contributed by atoms with Crippen LogP contribution in [0.25, 0.3) is 0 Å². The summed E-state index contributed by atoms with van der Waals surface area (Å²) in [6.07, 6.45) is 0. The Hall–Kier alpha value is -1.46. The quantitative estimate of drug-likeness (QED) is 0.861. The molecule has 0 bridgehead atoms. The Bertz CT molecular complexity index is 675. The van der Waals surface area contributed by atoms with Gasteiger partial charge in [0.2, 0.25) is 5.91 Å². The van der Waals surface area contributed by atoms with Gasteiger partial charge in [-0.25, -0.2) is 0 Å². The van der Waals surface area contributed by atoms with Crippen LogP contribution in [0.15, 0.2) is 57.9 Å². The number of amides is 1. The van der Waals surface area contributed by atoms with E-state index < -0.39 is 0 Å². The van der Waals surface area contributed by atoms with Crippen molar-refractivity contribution in [2.24, 2.45) is 0 Å². The van der Waals surface area contributed by atoms with Gasteiger partial charge >= 0.3 is 0 Å². The number of rotatable bonds is 3. The molecule has 0 spiro atoms. The number of halogens is 1. The minimum atomic E-state index is 0.0104. The van der Waals surface area contributed by atoms with Crippen molar-refractivity contribution in [3.05, 3.63) is 53.0 Å². The van der Waals surface area contributed by atoms with E-state index in [4.69, 9.17) is 0 Å². The molecule has 1 aliphatic heterocycles. The van der Waals surface area contributed by atoms with Gasteiger partial charge in [0.05, 0.1) is 12.2 Å². The van der Waals surface area contributed by atoms with Crippen LogP contribution in [-0.4, -0.2) is 24.2 Å². The summed E-state index contributed by atoms with van der Waals surface area (Å²) in [6.45, 7) is 3.45. The third-order valence-electron chi connectivity index (χ3n) is 3.47. The molecule has 1 aliphatic rings. The van der Waals surface area contributed by atoms with Crippen molar-refractivity contribution in [2.75, 3.05) is 23.3 Å². The highest BCUT2D eigenvalue weighted by Gasteiger charge is 2.23. The van der Waals surface area contributed by atoms with Crippen molar-refractivity contribution < 1.29 is 4.79 Å². The fraction of sp³-hybridized carbons (Fsp3) is 0.235. The number of para-hydroxylation sites is 1. The van der Waals surface area contributed by atoms with E-state index in [1.54, 1.807) is 0 Å². The maximum absolute atomic E-state index is 12.3. The van der Waals surface area contributed by atoms with Crippen molar-refractivity contribution in [3.8, 4) is 0 Å². The van der Waals surface area contributed by atoms with E-state index in [1.807, 2.05) is 48.2 Å². The number of benzene rings is 2. The number of hydrogen-bond donors (Lipinski definition) is 1. The molecule has 1 amide bonds. The SMILES string of the molecule is C[C@@H]1CN(CC(=O)Nc2ccc(Br)cc2)c2ccccc2S1. The average Bonchev–Trinajstić information content (AvgIpc) is 2.49. The normalized spacial score (nSPS) is 17.0. The van der Waals surface area contributed by atoms with Crippen molar-refractivity contribution in [2.45, 2.75) is 17.1 Å². The molecule has 2 aromatic rings. The Labute approximate surface area is 143 Å². The lowest BCUT2D eigenvalue weighted by atomic mass is 10.2. The minimum Gasteiger partial charge on any atom is -0.360 e. The summed E-state index contributed by atoms with van der Waals surface area (Å²) in [6, 6.07) is 15.9. The fourth-order valence-electron chi connectivity index (χ4n) is 2.54. The van der Waals surface area contributed by atoms with Crippen LogP contribution in [0.4, 0.5) is 11.4 Å². The third-order valence-corrected chi connectivity index (χ3v) is 5.15. The van der Waals surface area contributed by atoms with Crippen LogP contribution in [0, 0.1) is 0 Å². The third kappa shape index (κ3) is 3.65. The number of thioether (sulfide) groups is 1. The molecule has 0 saturated heterocycles. The second kappa shape index (κ2) is 6.75. The van der Waals surface area contributed by atoms with E-state index in [1.165, 1.54) is 4.90 Å². The molecule has 0 fully saturated rings. The molecule has 0 radical (unpaired) electrons. The lowest BCUT2D eigenvalue weighted by Crippen LogP contribution is -2.39. The second-order valence-electron chi connectivity index (χ2n) is 5.33.